The number of hydrogen-bond acceptors (Lipinski definition) is 3. The summed E-state index contributed by atoms with van der Waals surface area (Å²) in [4.78, 5) is 0. The summed E-state index contributed by atoms with van der Waals surface area (Å²) in [6.07, 6.45) is 2.69. The van der Waals surface area contributed by atoms with Crippen LogP contribution in [0, 0.1) is 5.92 Å². The summed E-state index contributed by atoms with van der Waals surface area (Å²) >= 11 is 0. The van der Waals surface area contributed by atoms with E-state index in [0.29, 0.717) is 12.3 Å². The Morgan fingerprint density at radius 3 is 2.82 bits per heavy atom. The second-order valence-electron chi connectivity index (χ2n) is 5.31. The van der Waals surface area contributed by atoms with Crippen molar-refractivity contribution in [2.75, 3.05) is 7.11 Å². The molecule has 1 aliphatic heterocycles. The number of aliphatic hydroxyl groups excluding tert-OH is 1. The van der Waals surface area contributed by atoms with E-state index in [-0.39, 0.29) is 5.60 Å². The number of rotatable bonds is 2. The quantitative estimate of drug-likeness (QED) is 0.855. The van der Waals surface area contributed by atoms with Gasteiger partial charge in [0.05, 0.1) is 13.2 Å². The van der Waals surface area contributed by atoms with Crippen molar-refractivity contribution in [3.8, 4) is 11.5 Å². The Balaban J connectivity index is 1.97. The molecule has 0 bridgehead atoms. The maximum atomic E-state index is 10.2. The van der Waals surface area contributed by atoms with Crippen molar-refractivity contribution in [3.63, 3.8) is 0 Å². The van der Waals surface area contributed by atoms with E-state index in [9.17, 15) is 5.11 Å². The first-order valence-corrected chi connectivity index (χ1v) is 6.17. The molecule has 1 unspecified atom stereocenters. The summed E-state index contributed by atoms with van der Waals surface area (Å²) in [5, 5.41) is 10.2. The van der Waals surface area contributed by atoms with Gasteiger partial charge in [-0.2, -0.15) is 0 Å². The monoisotopic (exact) mass is 234 g/mol. The van der Waals surface area contributed by atoms with Crippen LogP contribution in [-0.4, -0.2) is 17.8 Å². The van der Waals surface area contributed by atoms with E-state index in [1.165, 1.54) is 12.8 Å². The number of aliphatic hydroxyl groups is 1. The Morgan fingerprint density at radius 2 is 2.18 bits per heavy atom. The van der Waals surface area contributed by atoms with Crippen molar-refractivity contribution in [1.82, 2.24) is 0 Å². The highest BCUT2D eigenvalue weighted by atomic mass is 16.5. The molecule has 1 N–H and O–H groups in total. The molecule has 3 rings (SSSR count). The van der Waals surface area contributed by atoms with Gasteiger partial charge in [0.2, 0.25) is 0 Å². The molecule has 0 aromatic heterocycles. The van der Waals surface area contributed by atoms with Crippen molar-refractivity contribution >= 4 is 0 Å². The third-order valence-electron chi connectivity index (χ3n) is 3.96. The van der Waals surface area contributed by atoms with Crippen LogP contribution in [0.15, 0.2) is 18.2 Å². The van der Waals surface area contributed by atoms with E-state index in [2.05, 4.69) is 6.92 Å². The van der Waals surface area contributed by atoms with E-state index >= 15 is 0 Å². The van der Waals surface area contributed by atoms with E-state index < -0.39 is 6.10 Å². The molecule has 0 spiro atoms. The highest BCUT2D eigenvalue weighted by Gasteiger charge is 2.47. The van der Waals surface area contributed by atoms with Gasteiger partial charge in [-0.3, -0.25) is 0 Å². The Bertz CT molecular complexity index is 439. The van der Waals surface area contributed by atoms with Crippen LogP contribution in [0.4, 0.5) is 0 Å². The van der Waals surface area contributed by atoms with Gasteiger partial charge < -0.3 is 14.6 Å². The minimum Gasteiger partial charge on any atom is -0.497 e. The zero-order valence-corrected chi connectivity index (χ0v) is 10.3. The van der Waals surface area contributed by atoms with Crippen LogP contribution in [0.3, 0.4) is 0 Å². The molecule has 1 fully saturated rings. The molecule has 0 saturated heterocycles. The van der Waals surface area contributed by atoms with Crippen molar-refractivity contribution in [2.24, 2.45) is 5.92 Å². The van der Waals surface area contributed by atoms with Gasteiger partial charge in [-0.1, -0.05) is 0 Å². The van der Waals surface area contributed by atoms with Crippen LogP contribution >= 0.6 is 0 Å². The summed E-state index contributed by atoms with van der Waals surface area (Å²) < 4.78 is 11.3. The second kappa shape index (κ2) is 3.64. The van der Waals surface area contributed by atoms with E-state index in [1.807, 2.05) is 18.2 Å². The summed E-state index contributed by atoms with van der Waals surface area (Å²) in [7, 11) is 1.64. The Labute approximate surface area is 101 Å². The van der Waals surface area contributed by atoms with Crippen molar-refractivity contribution in [2.45, 2.75) is 37.9 Å². The highest BCUT2D eigenvalue weighted by Crippen LogP contribution is 2.50. The molecule has 2 atom stereocenters. The largest absolute Gasteiger partial charge is 0.497 e. The fraction of sp³-hybridized carbons (Fsp3) is 0.571. The lowest BCUT2D eigenvalue weighted by atomic mass is 9.86. The normalized spacial score (nSPS) is 31.6. The van der Waals surface area contributed by atoms with Crippen LogP contribution in [0.5, 0.6) is 11.5 Å². The summed E-state index contributed by atoms with van der Waals surface area (Å²) in [6.45, 7) is 2.11. The van der Waals surface area contributed by atoms with Crippen LogP contribution < -0.4 is 9.47 Å². The van der Waals surface area contributed by atoms with Gasteiger partial charge >= 0.3 is 0 Å². The lowest BCUT2D eigenvalue weighted by molar-refractivity contribution is -0.0167. The molecule has 1 aliphatic carbocycles. The average Bonchev–Trinajstić information content (AvgIpc) is 3.12. The predicted molar refractivity (Wildman–Crippen MR) is 64.3 cm³/mol. The van der Waals surface area contributed by atoms with Crippen LogP contribution in [0.2, 0.25) is 0 Å². The molecule has 0 radical (unpaired) electrons. The molecule has 1 heterocycles. The second-order valence-corrected chi connectivity index (χ2v) is 5.31. The molecule has 1 aromatic carbocycles. The lowest BCUT2D eigenvalue weighted by Gasteiger charge is -2.38. The van der Waals surface area contributed by atoms with Gasteiger partial charge in [-0.25, -0.2) is 0 Å². The third kappa shape index (κ3) is 1.78. The molecule has 0 amide bonds. The minimum absolute atomic E-state index is 0.210. The molecule has 1 aromatic rings. The molecule has 92 valence electrons. The first-order chi connectivity index (χ1) is 8.12. The maximum Gasteiger partial charge on any atom is 0.129 e. The fourth-order valence-electron chi connectivity index (χ4n) is 2.74. The number of ether oxygens (including phenoxy) is 2. The fourth-order valence-corrected chi connectivity index (χ4v) is 2.74. The number of methoxy groups -OCH3 is 1. The zero-order chi connectivity index (χ0) is 12.0. The molecule has 1 saturated carbocycles. The van der Waals surface area contributed by atoms with Gasteiger partial charge in [0.1, 0.15) is 17.1 Å². The topological polar surface area (TPSA) is 38.7 Å². The molecule has 2 aliphatic rings. The van der Waals surface area contributed by atoms with Crippen LogP contribution in [-0.2, 0) is 0 Å². The summed E-state index contributed by atoms with van der Waals surface area (Å²) in [5.41, 5.74) is 0.669. The number of fused-ring (bicyclic) bond motifs is 1. The molecular formula is C14H18O3. The van der Waals surface area contributed by atoms with E-state index in [1.54, 1.807) is 7.11 Å². The van der Waals surface area contributed by atoms with E-state index in [0.717, 1.165) is 17.1 Å². The molecule has 3 nitrogen and oxygen atoms in total. The van der Waals surface area contributed by atoms with Crippen molar-refractivity contribution in [3.05, 3.63) is 23.8 Å². The third-order valence-corrected chi connectivity index (χ3v) is 3.96. The van der Waals surface area contributed by atoms with Gasteiger partial charge in [-0.05, 0) is 37.8 Å². The van der Waals surface area contributed by atoms with Gasteiger partial charge in [-0.15, -0.1) is 0 Å². The number of benzene rings is 1. The molecule has 17 heavy (non-hydrogen) atoms. The first kappa shape index (κ1) is 10.9. The van der Waals surface area contributed by atoms with Crippen LogP contribution in [0.1, 0.15) is 37.9 Å². The SMILES string of the molecule is COc1ccc2c(c1)OC(C)(C1CC1)C[C@H]2O. The number of hydrogen-bond donors (Lipinski definition) is 1. The minimum atomic E-state index is -0.421. The van der Waals surface area contributed by atoms with Crippen molar-refractivity contribution < 1.29 is 14.6 Å². The Kier molecular flexibility index (Phi) is 2.33. The maximum absolute atomic E-state index is 10.2. The summed E-state index contributed by atoms with van der Waals surface area (Å²) in [6, 6.07) is 5.63. The van der Waals surface area contributed by atoms with Crippen LogP contribution in [0.25, 0.3) is 0 Å². The molecule has 3 heteroatoms. The first-order valence-electron chi connectivity index (χ1n) is 6.17. The molecular weight excluding hydrogens is 216 g/mol. The van der Waals surface area contributed by atoms with Crippen molar-refractivity contribution in [1.29, 1.82) is 0 Å². The Hall–Kier alpha value is -1.22. The van der Waals surface area contributed by atoms with E-state index in [4.69, 9.17) is 9.47 Å². The highest BCUT2D eigenvalue weighted by molar-refractivity contribution is 5.44. The zero-order valence-electron chi connectivity index (χ0n) is 10.3. The summed E-state index contributed by atoms with van der Waals surface area (Å²) in [5.74, 6) is 2.14. The lowest BCUT2D eigenvalue weighted by Crippen LogP contribution is -2.40. The van der Waals surface area contributed by atoms with Gasteiger partial charge in [0, 0.05) is 18.1 Å². The Morgan fingerprint density at radius 1 is 1.41 bits per heavy atom. The average molecular weight is 234 g/mol. The standard InChI is InChI=1S/C14H18O3/c1-14(9-3-4-9)8-12(15)11-6-5-10(16-2)7-13(11)17-14/h5-7,9,12,15H,3-4,8H2,1-2H3/t12-,14?/m1/s1. The van der Waals surface area contributed by atoms with Gasteiger partial charge in [0.15, 0.2) is 0 Å². The predicted octanol–water partition coefficient (Wildman–Crippen LogP) is 2.68. The smallest absolute Gasteiger partial charge is 0.129 e. The van der Waals surface area contributed by atoms with Gasteiger partial charge in [0.25, 0.3) is 0 Å².